The maximum Gasteiger partial charge on any atom is 0.253 e. The van der Waals surface area contributed by atoms with Crippen molar-refractivity contribution in [2.24, 2.45) is 0 Å². The van der Waals surface area contributed by atoms with Crippen molar-refractivity contribution in [2.45, 2.75) is 82.5 Å². The Balaban J connectivity index is 1.06. The van der Waals surface area contributed by atoms with Gasteiger partial charge < -0.3 is 25.6 Å². The molecule has 2 amide bonds. The molecule has 6 rings (SSSR count). The number of aromatic nitrogens is 1. The lowest BCUT2D eigenvalue weighted by molar-refractivity contribution is 0.0922. The molecule has 4 heterocycles. The molecule has 0 spiro atoms. The van der Waals surface area contributed by atoms with E-state index in [1.165, 1.54) is 0 Å². The molecule has 3 aliphatic rings. The topological polar surface area (TPSA) is 95.6 Å². The third kappa shape index (κ3) is 6.15. The molecule has 2 bridgehead atoms. The van der Waals surface area contributed by atoms with Crippen molar-refractivity contribution in [1.82, 2.24) is 20.9 Å². The number of fused-ring (bicyclic) bond motifs is 2. The number of nitrogens with zero attached hydrogens (tertiary/aromatic N) is 2. The summed E-state index contributed by atoms with van der Waals surface area (Å²) in [4.78, 5) is 33.2. The number of rotatable bonds is 8. The summed E-state index contributed by atoms with van der Waals surface area (Å²) in [5, 5.41) is 9.54. The molecule has 3 N–H and O–H groups in total. The van der Waals surface area contributed by atoms with Gasteiger partial charge in [0.1, 0.15) is 17.4 Å². The molecule has 3 atom stereocenters. The molecule has 3 fully saturated rings. The summed E-state index contributed by atoms with van der Waals surface area (Å²) in [7, 11) is 1.61. The van der Waals surface area contributed by atoms with Crippen molar-refractivity contribution in [3.05, 3.63) is 88.4 Å². The summed E-state index contributed by atoms with van der Waals surface area (Å²) in [6.45, 7) is 5.62. The lowest BCUT2D eigenvalue weighted by Gasteiger charge is -2.40. The first-order chi connectivity index (χ1) is 21.3. The van der Waals surface area contributed by atoms with Gasteiger partial charge in [-0.05, 0) is 107 Å². The largest absolute Gasteiger partial charge is 0.496 e. The minimum atomic E-state index is -0.477. The van der Waals surface area contributed by atoms with Crippen LogP contribution in [-0.4, -0.2) is 55.1 Å². The van der Waals surface area contributed by atoms with Crippen molar-refractivity contribution in [3.63, 3.8) is 0 Å². The number of anilines is 1. The Morgan fingerprint density at radius 2 is 1.77 bits per heavy atom. The summed E-state index contributed by atoms with van der Waals surface area (Å²) >= 11 is 0. The molecule has 1 aromatic heterocycles. The van der Waals surface area contributed by atoms with Crippen LogP contribution >= 0.6 is 0 Å². The highest BCUT2D eigenvalue weighted by Gasteiger charge is 2.42. The van der Waals surface area contributed by atoms with Crippen LogP contribution in [0.15, 0.2) is 54.7 Å². The zero-order valence-electron chi connectivity index (χ0n) is 25.7. The molecule has 3 aromatic rings. The minimum absolute atomic E-state index is 0.0698. The van der Waals surface area contributed by atoms with Gasteiger partial charge in [0.2, 0.25) is 0 Å². The van der Waals surface area contributed by atoms with Gasteiger partial charge in [-0.1, -0.05) is 18.2 Å². The smallest absolute Gasteiger partial charge is 0.253 e. The van der Waals surface area contributed by atoms with Crippen molar-refractivity contribution in [3.8, 4) is 5.75 Å². The van der Waals surface area contributed by atoms with E-state index < -0.39 is 6.04 Å². The molecule has 232 valence electrons. The fourth-order valence-electron chi connectivity index (χ4n) is 7.35. The van der Waals surface area contributed by atoms with Crippen LogP contribution in [-0.2, 0) is 0 Å². The number of piperidine rings is 2. The maximum absolute atomic E-state index is 15.1. The van der Waals surface area contributed by atoms with Crippen LogP contribution in [0, 0.1) is 12.7 Å². The fraction of sp³-hybridized carbons (Fsp3) is 0.457. The number of hydrogen-bond donors (Lipinski definition) is 3. The lowest BCUT2D eigenvalue weighted by Crippen LogP contribution is -2.50. The quantitative estimate of drug-likeness (QED) is 0.320. The standard InChI is InChI=1S/C35H42FN5O3/c1-21-29(5-4-6-32(21)44-3)35(43)40-26-18-27-9-10-28(19-26)41(27)33-12-8-25(20-38-33)34(42)39-22(2)30-11-7-24(17-31(30)36)23-13-15-37-16-14-23/h4-8,11-12,17,20,22-23,26-28,37H,9-10,13-16,18-19H2,1-3H3,(H,39,42)(H,40,43). The van der Waals surface area contributed by atoms with Crippen LogP contribution in [0.4, 0.5) is 10.2 Å². The van der Waals surface area contributed by atoms with Crippen molar-refractivity contribution >= 4 is 17.6 Å². The number of pyridine rings is 1. The Morgan fingerprint density at radius 1 is 1.02 bits per heavy atom. The first-order valence-electron chi connectivity index (χ1n) is 15.8. The van der Waals surface area contributed by atoms with Gasteiger partial charge in [-0.3, -0.25) is 9.59 Å². The van der Waals surface area contributed by atoms with Crippen LogP contribution in [0.1, 0.15) is 94.8 Å². The Morgan fingerprint density at radius 3 is 2.43 bits per heavy atom. The first-order valence-corrected chi connectivity index (χ1v) is 15.8. The van der Waals surface area contributed by atoms with E-state index in [0.717, 1.165) is 68.6 Å². The lowest BCUT2D eigenvalue weighted by atomic mass is 9.89. The summed E-state index contributed by atoms with van der Waals surface area (Å²) in [5.41, 5.74) is 3.43. The predicted octanol–water partition coefficient (Wildman–Crippen LogP) is 5.43. The SMILES string of the molecule is COc1cccc(C(=O)NC2CC3CCC(C2)N3c2ccc(C(=O)NC(C)c3ccc(C4CCNCC4)cc3F)cn2)c1C. The van der Waals surface area contributed by atoms with Gasteiger partial charge in [-0.15, -0.1) is 0 Å². The van der Waals surface area contributed by atoms with Gasteiger partial charge in [0.25, 0.3) is 11.8 Å². The van der Waals surface area contributed by atoms with Crippen LogP contribution < -0.4 is 25.6 Å². The average Bonchev–Trinajstić information content (AvgIpc) is 3.31. The van der Waals surface area contributed by atoms with E-state index in [1.54, 1.807) is 38.4 Å². The molecular weight excluding hydrogens is 557 g/mol. The highest BCUT2D eigenvalue weighted by atomic mass is 19.1. The van der Waals surface area contributed by atoms with Gasteiger partial charge in [0, 0.05) is 41.0 Å². The molecule has 2 aromatic carbocycles. The Labute approximate surface area is 258 Å². The molecule has 0 radical (unpaired) electrons. The Kier molecular flexibility index (Phi) is 8.84. The number of carbonyl (C=O) groups excluding carboxylic acids is 2. The fourth-order valence-corrected chi connectivity index (χ4v) is 7.35. The van der Waals surface area contributed by atoms with E-state index >= 15 is 4.39 Å². The average molecular weight is 600 g/mol. The minimum Gasteiger partial charge on any atom is -0.496 e. The van der Waals surface area contributed by atoms with Gasteiger partial charge in [0.15, 0.2) is 0 Å². The van der Waals surface area contributed by atoms with E-state index in [0.29, 0.717) is 28.4 Å². The molecule has 3 unspecified atom stereocenters. The predicted molar refractivity (Wildman–Crippen MR) is 169 cm³/mol. The summed E-state index contributed by atoms with van der Waals surface area (Å²) < 4.78 is 20.5. The second-order valence-electron chi connectivity index (χ2n) is 12.5. The first kappa shape index (κ1) is 30.1. The van der Waals surface area contributed by atoms with E-state index in [1.807, 2.05) is 37.3 Å². The van der Waals surface area contributed by atoms with Gasteiger partial charge in [-0.25, -0.2) is 9.37 Å². The van der Waals surface area contributed by atoms with Gasteiger partial charge in [0.05, 0.1) is 18.7 Å². The summed E-state index contributed by atoms with van der Waals surface area (Å²) in [6.07, 6.45) is 7.38. The van der Waals surface area contributed by atoms with E-state index in [4.69, 9.17) is 4.74 Å². The van der Waals surface area contributed by atoms with E-state index in [9.17, 15) is 9.59 Å². The second kappa shape index (κ2) is 12.9. The molecule has 0 saturated carbocycles. The molecule has 44 heavy (non-hydrogen) atoms. The van der Waals surface area contributed by atoms with Crippen LogP contribution in [0.3, 0.4) is 0 Å². The van der Waals surface area contributed by atoms with Crippen molar-refractivity contribution in [1.29, 1.82) is 0 Å². The number of ether oxygens (including phenoxy) is 1. The molecular formula is C35H42FN5O3. The highest BCUT2D eigenvalue weighted by Crippen LogP contribution is 2.39. The molecule has 3 aliphatic heterocycles. The third-order valence-electron chi connectivity index (χ3n) is 9.74. The molecule has 3 saturated heterocycles. The van der Waals surface area contributed by atoms with Crippen molar-refractivity contribution < 1.29 is 18.7 Å². The maximum atomic E-state index is 15.1. The number of halogens is 1. The molecule has 9 heteroatoms. The number of hydrogen-bond acceptors (Lipinski definition) is 6. The van der Waals surface area contributed by atoms with Gasteiger partial charge in [-0.2, -0.15) is 0 Å². The van der Waals surface area contributed by atoms with Gasteiger partial charge >= 0.3 is 0 Å². The van der Waals surface area contributed by atoms with E-state index in [2.05, 4.69) is 25.8 Å². The van der Waals surface area contributed by atoms with Crippen molar-refractivity contribution in [2.75, 3.05) is 25.1 Å². The number of benzene rings is 2. The van der Waals surface area contributed by atoms with E-state index in [-0.39, 0.29) is 35.8 Å². The molecule has 8 nitrogen and oxygen atoms in total. The van der Waals surface area contributed by atoms with Crippen LogP contribution in [0.25, 0.3) is 0 Å². The third-order valence-corrected chi connectivity index (χ3v) is 9.74. The normalized spacial score (nSPS) is 22.4. The monoisotopic (exact) mass is 599 g/mol. The van der Waals surface area contributed by atoms with Crippen LogP contribution in [0.2, 0.25) is 0 Å². The second-order valence-corrected chi connectivity index (χ2v) is 12.5. The Hall–Kier alpha value is -3.98. The zero-order valence-corrected chi connectivity index (χ0v) is 25.7. The summed E-state index contributed by atoms with van der Waals surface area (Å²) in [5.74, 6) is 1.29. The van der Waals surface area contributed by atoms with Crippen LogP contribution in [0.5, 0.6) is 5.75 Å². The molecule has 0 aliphatic carbocycles. The summed E-state index contributed by atoms with van der Waals surface area (Å²) in [6, 6.07) is 14.8. The number of nitrogens with one attached hydrogen (secondary N) is 3. The highest BCUT2D eigenvalue weighted by molar-refractivity contribution is 5.96. The number of methoxy groups -OCH3 is 1. The number of amides is 2. The number of carbonyl (C=O) groups is 2. The Bertz CT molecular complexity index is 1490. The zero-order chi connectivity index (χ0) is 30.8.